The molecule has 2 unspecified atom stereocenters. The van der Waals surface area contributed by atoms with Gasteiger partial charge in [0.2, 0.25) is 0 Å². The number of aliphatic hydroxyl groups excluding tert-OH is 2. The van der Waals surface area contributed by atoms with Crippen LogP contribution in [0.5, 0.6) is 0 Å². The molecule has 0 radical (unpaired) electrons. The number of rotatable bonds is 5. The zero-order chi connectivity index (χ0) is 12.9. The third-order valence-electron chi connectivity index (χ3n) is 4.47. The van der Waals surface area contributed by atoms with Gasteiger partial charge in [-0.1, -0.05) is 26.0 Å². The second-order valence-electron chi connectivity index (χ2n) is 5.47. The second kappa shape index (κ2) is 6.55. The third-order valence-corrected chi connectivity index (χ3v) is 4.47. The molecule has 2 atom stereocenters. The highest BCUT2D eigenvalue weighted by atomic mass is 16.3. The van der Waals surface area contributed by atoms with Crippen LogP contribution in [-0.4, -0.2) is 22.4 Å². The van der Waals surface area contributed by atoms with Gasteiger partial charge >= 0.3 is 0 Å². The number of allylic oxidation sites excluding steroid dienone is 1. The smallest absolute Gasteiger partial charge is 0.0628 e. The van der Waals surface area contributed by atoms with E-state index < -0.39 is 0 Å². The number of aliphatic hydroxyl groups is 2. The standard InChI is InChI=1S/C15H28O2/c1-4-9-15(14(17)6-3)10-7-12(8-11-15)13(16)5-2/h4,9,12-14,16-17H,5-8,10-11H2,1-3H3. The Labute approximate surface area is 106 Å². The van der Waals surface area contributed by atoms with Crippen LogP contribution in [0.15, 0.2) is 12.2 Å². The summed E-state index contributed by atoms with van der Waals surface area (Å²) in [6.07, 6.45) is 9.61. The fraction of sp³-hybridized carbons (Fsp3) is 0.867. The van der Waals surface area contributed by atoms with Crippen molar-refractivity contribution >= 4 is 0 Å². The van der Waals surface area contributed by atoms with Gasteiger partial charge in [-0.2, -0.15) is 0 Å². The lowest BCUT2D eigenvalue weighted by Gasteiger charge is -2.42. The fourth-order valence-corrected chi connectivity index (χ4v) is 3.25. The van der Waals surface area contributed by atoms with E-state index in [1.165, 1.54) is 0 Å². The summed E-state index contributed by atoms with van der Waals surface area (Å²) in [4.78, 5) is 0. The molecule has 0 aliphatic heterocycles. The molecule has 2 heteroatoms. The molecule has 0 aromatic rings. The molecular weight excluding hydrogens is 212 g/mol. The van der Waals surface area contributed by atoms with Crippen LogP contribution in [0, 0.1) is 11.3 Å². The first-order valence-corrected chi connectivity index (χ1v) is 7.09. The Balaban J connectivity index is 2.67. The molecular formula is C15H28O2. The lowest BCUT2D eigenvalue weighted by atomic mass is 9.65. The summed E-state index contributed by atoms with van der Waals surface area (Å²) in [5, 5.41) is 20.1. The van der Waals surface area contributed by atoms with E-state index in [-0.39, 0.29) is 17.6 Å². The van der Waals surface area contributed by atoms with Crippen molar-refractivity contribution in [3.05, 3.63) is 12.2 Å². The number of hydrogen-bond donors (Lipinski definition) is 2. The van der Waals surface area contributed by atoms with Crippen molar-refractivity contribution in [2.45, 2.75) is 71.5 Å². The van der Waals surface area contributed by atoms with Gasteiger partial charge in [-0.3, -0.25) is 0 Å². The molecule has 0 aromatic heterocycles. The molecule has 1 aliphatic carbocycles. The van der Waals surface area contributed by atoms with Crippen molar-refractivity contribution in [2.24, 2.45) is 11.3 Å². The van der Waals surface area contributed by atoms with Gasteiger partial charge in [0.25, 0.3) is 0 Å². The lowest BCUT2D eigenvalue weighted by molar-refractivity contribution is -0.00694. The first-order chi connectivity index (χ1) is 8.09. The molecule has 1 saturated carbocycles. The normalized spacial score (nSPS) is 33.8. The molecule has 1 rings (SSSR count). The molecule has 2 N–H and O–H groups in total. The van der Waals surface area contributed by atoms with E-state index >= 15 is 0 Å². The van der Waals surface area contributed by atoms with Crippen molar-refractivity contribution in [3.63, 3.8) is 0 Å². The van der Waals surface area contributed by atoms with Gasteiger partial charge in [0.05, 0.1) is 12.2 Å². The Morgan fingerprint density at radius 3 is 2.18 bits per heavy atom. The summed E-state index contributed by atoms with van der Waals surface area (Å²) in [5.41, 5.74) is -0.0343. The Bertz CT molecular complexity index is 239. The van der Waals surface area contributed by atoms with E-state index in [0.717, 1.165) is 38.5 Å². The highest BCUT2D eigenvalue weighted by Crippen LogP contribution is 2.44. The highest BCUT2D eigenvalue weighted by molar-refractivity contribution is 5.05. The predicted octanol–water partition coefficient (Wildman–Crippen LogP) is 3.28. The summed E-state index contributed by atoms with van der Waals surface area (Å²) in [5.74, 6) is 0.433. The van der Waals surface area contributed by atoms with Crippen molar-refractivity contribution in [2.75, 3.05) is 0 Å². The maximum Gasteiger partial charge on any atom is 0.0628 e. The van der Waals surface area contributed by atoms with E-state index in [9.17, 15) is 10.2 Å². The van der Waals surface area contributed by atoms with Crippen LogP contribution in [0.2, 0.25) is 0 Å². The first kappa shape index (κ1) is 14.7. The van der Waals surface area contributed by atoms with Crippen molar-refractivity contribution in [3.8, 4) is 0 Å². The van der Waals surface area contributed by atoms with E-state index in [1.807, 2.05) is 20.8 Å². The maximum atomic E-state index is 10.2. The molecule has 100 valence electrons. The largest absolute Gasteiger partial charge is 0.393 e. The van der Waals surface area contributed by atoms with Gasteiger partial charge in [-0.15, -0.1) is 0 Å². The molecule has 0 amide bonds. The molecule has 0 aromatic carbocycles. The Hall–Kier alpha value is -0.340. The lowest BCUT2D eigenvalue weighted by Crippen LogP contribution is -2.39. The minimum Gasteiger partial charge on any atom is -0.393 e. The third kappa shape index (κ3) is 3.32. The van der Waals surface area contributed by atoms with E-state index in [4.69, 9.17) is 0 Å². The molecule has 0 saturated heterocycles. The van der Waals surface area contributed by atoms with Crippen molar-refractivity contribution < 1.29 is 10.2 Å². The van der Waals surface area contributed by atoms with Crippen molar-refractivity contribution in [1.82, 2.24) is 0 Å². The van der Waals surface area contributed by atoms with Crippen LogP contribution < -0.4 is 0 Å². The molecule has 0 heterocycles. The summed E-state index contributed by atoms with van der Waals surface area (Å²) in [6.45, 7) is 6.11. The molecule has 2 nitrogen and oxygen atoms in total. The Morgan fingerprint density at radius 1 is 1.18 bits per heavy atom. The van der Waals surface area contributed by atoms with Gasteiger partial charge in [0.1, 0.15) is 0 Å². The minimum absolute atomic E-state index is 0.0343. The summed E-state index contributed by atoms with van der Waals surface area (Å²) >= 11 is 0. The zero-order valence-electron chi connectivity index (χ0n) is 11.5. The average molecular weight is 240 g/mol. The maximum absolute atomic E-state index is 10.2. The van der Waals surface area contributed by atoms with Crippen molar-refractivity contribution in [1.29, 1.82) is 0 Å². The summed E-state index contributed by atoms with van der Waals surface area (Å²) in [7, 11) is 0. The summed E-state index contributed by atoms with van der Waals surface area (Å²) < 4.78 is 0. The molecule has 1 fully saturated rings. The van der Waals surface area contributed by atoms with Crippen LogP contribution in [0.25, 0.3) is 0 Å². The van der Waals surface area contributed by atoms with Gasteiger partial charge in [-0.25, -0.2) is 0 Å². The Kier molecular flexibility index (Phi) is 5.68. The monoisotopic (exact) mass is 240 g/mol. The minimum atomic E-state index is -0.238. The van der Waals surface area contributed by atoms with Gasteiger partial charge in [-0.05, 0) is 51.4 Å². The van der Waals surface area contributed by atoms with E-state index in [2.05, 4.69) is 12.2 Å². The zero-order valence-corrected chi connectivity index (χ0v) is 11.5. The Morgan fingerprint density at radius 2 is 1.76 bits per heavy atom. The number of hydrogen-bond acceptors (Lipinski definition) is 2. The topological polar surface area (TPSA) is 40.5 Å². The fourth-order valence-electron chi connectivity index (χ4n) is 3.25. The summed E-state index contributed by atoms with van der Waals surface area (Å²) in [6, 6.07) is 0. The molecule has 17 heavy (non-hydrogen) atoms. The highest BCUT2D eigenvalue weighted by Gasteiger charge is 2.39. The van der Waals surface area contributed by atoms with Gasteiger partial charge < -0.3 is 10.2 Å². The van der Waals surface area contributed by atoms with Gasteiger partial charge in [0.15, 0.2) is 0 Å². The van der Waals surface area contributed by atoms with Crippen LogP contribution in [-0.2, 0) is 0 Å². The predicted molar refractivity (Wildman–Crippen MR) is 71.8 cm³/mol. The SMILES string of the molecule is CC=CC1(C(O)CC)CCC(C(O)CC)CC1. The second-order valence-corrected chi connectivity index (χ2v) is 5.47. The molecule has 0 spiro atoms. The first-order valence-electron chi connectivity index (χ1n) is 7.09. The van der Waals surface area contributed by atoms with E-state index in [0.29, 0.717) is 5.92 Å². The molecule has 1 aliphatic rings. The van der Waals surface area contributed by atoms with Gasteiger partial charge in [0, 0.05) is 5.41 Å². The van der Waals surface area contributed by atoms with Crippen LogP contribution in [0.4, 0.5) is 0 Å². The van der Waals surface area contributed by atoms with Crippen LogP contribution in [0.3, 0.4) is 0 Å². The quantitative estimate of drug-likeness (QED) is 0.724. The molecule has 0 bridgehead atoms. The van der Waals surface area contributed by atoms with Crippen LogP contribution >= 0.6 is 0 Å². The average Bonchev–Trinajstić information content (AvgIpc) is 2.38. The van der Waals surface area contributed by atoms with Crippen LogP contribution in [0.1, 0.15) is 59.3 Å². The van der Waals surface area contributed by atoms with E-state index in [1.54, 1.807) is 0 Å².